The zero-order chi connectivity index (χ0) is 10.7. The predicted octanol–water partition coefficient (Wildman–Crippen LogP) is 2.81. The third-order valence-electron chi connectivity index (χ3n) is 2.48. The lowest BCUT2D eigenvalue weighted by atomic mass is 10.1. The van der Waals surface area contributed by atoms with Gasteiger partial charge in [0.1, 0.15) is 0 Å². The summed E-state index contributed by atoms with van der Waals surface area (Å²) in [4.78, 5) is 3.16. The molecule has 1 unspecified atom stereocenters. The summed E-state index contributed by atoms with van der Waals surface area (Å²) < 4.78 is 0. The maximum atomic E-state index is 8.90. The van der Waals surface area contributed by atoms with Gasteiger partial charge in [-0.25, -0.2) is 0 Å². The standard InChI is InChI=1S/C13H15NO/c1-10(9-15)2-3-11-4-5-13-12(8-11)6-7-14-13/h2-8,10,14-15H,9H2,1H3. The summed E-state index contributed by atoms with van der Waals surface area (Å²) in [6.07, 6.45) is 6.01. The summed E-state index contributed by atoms with van der Waals surface area (Å²) in [6.45, 7) is 2.19. The second-order valence-corrected chi connectivity index (χ2v) is 3.84. The lowest BCUT2D eigenvalue weighted by Crippen LogP contribution is -1.94. The Labute approximate surface area is 89.3 Å². The lowest BCUT2D eigenvalue weighted by molar-refractivity contribution is 0.262. The van der Waals surface area contributed by atoms with Crippen LogP contribution in [0.1, 0.15) is 12.5 Å². The van der Waals surface area contributed by atoms with Gasteiger partial charge in [0.15, 0.2) is 0 Å². The van der Waals surface area contributed by atoms with E-state index in [4.69, 9.17) is 5.11 Å². The van der Waals surface area contributed by atoms with Gasteiger partial charge in [-0.1, -0.05) is 25.1 Å². The number of aromatic amines is 1. The Morgan fingerprint density at radius 1 is 1.40 bits per heavy atom. The molecule has 15 heavy (non-hydrogen) atoms. The maximum Gasteiger partial charge on any atom is 0.0491 e. The Balaban J connectivity index is 2.24. The minimum Gasteiger partial charge on any atom is -0.396 e. The summed E-state index contributed by atoms with van der Waals surface area (Å²) in [7, 11) is 0. The van der Waals surface area contributed by atoms with Gasteiger partial charge in [-0.05, 0) is 35.1 Å². The molecule has 0 fully saturated rings. The number of aliphatic hydroxyl groups excluding tert-OH is 1. The van der Waals surface area contributed by atoms with Gasteiger partial charge in [0, 0.05) is 18.3 Å². The fraction of sp³-hybridized carbons (Fsp3) is 0.231. The van der Waals surface area contributed by atoms with Crippen molar-refractivity contribution in [1.82, 2.24) is 4.98 Å². The second kappa shape index (κ2) is 4.32. The molecule has 0 spiro atoms. The number of nitrogens with one attached hydrogen (secondary N) is 1. The Hall–Kier alpha value is -1.54. The molecule has 2 nitrogen and oxygen atoms in total. The first kappa shape index (κ1) is 9.99. The normalized spacial score (nSPS) is 13.7. The highest BCUT2D eigenvalue weighted by Crippen LogP contribution is 2.15. The van der Waals surface area contributed by atoms with Gasteiger partial charge in [0.2, 0.25) is 0 Å². The van der Waals surface area contributed by atoms with Crippen LogP contribution in [0.2, 0.25) is 0 Å². The molecule has 0 bridgehead atoms. The van der Waals surface area contributed by atoms with Crippen LogP contribution < -0.4 is 0 Å². The number of hydrogen-bond donors (Lipinski definition) is 2. The molecule has 0 amide bonds. The molecule has 0 radical (unpaired) electrons. The number of aromatic nitrogens is 1. The van der Waals surface area contributed by atoms with E-state index in [1.165, 1.54) is 10.9 Å². The highest BCUT2D eigenvalue weighted by molar-refractivity contribution is 5.81. The Bertz CT molecular complexity index is 470. The van der Waals surface area contributed by atoms with Crippen LogP contribution in [0.25, 0.3) is 17.0 Å². The lowest BCUT2D eigenvalue weighted by Gasteiger charge is -1.99. The summed E-state index contributed by atoms with van der Waals surface area (Å²) in [5.74, 6) is 0.215. The molecule has 1 aromatic heterocycles. The molecular weight excluding hydrogens is 186 g/mol. The van der Waals surface area contributed by atoms with Crippen LogP contribution in [0.4, 0.5) is 0 Å². The topological polar surface area (TPSA) is 36.0 Å². The molecule has 2 rings (SSSR count). The van der Waals surface area contributed by atoms with Crippen LogP contribution in [0.15, 0.2) is 36.5 Å². The molecule has 0 saturated heterocycles. The summed E-state index contributed by atoms with van der Waals surface area (Å²) in [5, 5.41) is 10.1. The van der Waals surface area contributed by atoms with Crippen LogP contribution in [0.3, 0.4) is 0 Å². The zero-order valence-corrected chi connectivity index (χ0v) is 8.77. The Morgan fingerprint density at radius 2 is 2.27 bits per heavy atom. The fourth-order valence-corrected chi connectivity index (χ4v) is 1.51. The molecule has 2 N–H and O–H groups in total. The van der Waals surface area contributed by atoms with E-state index in [2.05, 4.69) is 29.2 Å². The van der Waals surface area contributed by atoms with Crippen molar-refractivity contribution in [1.29, 1.82) is 0 Å². The van der Waals surface area contributed by atoms with Crippen molar-refractivity contribution in [3.8, 4) is 0 Å². The molecule has 1 aromatic carbocycles. The van der Waals surface area contributed by atoms with Crippen molar-refractivity contribution in [3.05, 3.63) is 42.1 Å². The van der Waals surface area contributed by atoms with Gasteiger partial charge in [-0.15, -0.1) is 0 Å². The van der Waals surface area contributed by atoms with E-state index in [-0.39, 0.29) is 12.5 Å². The zero-order valence-electron chi connectivity index (χ0n) is 8.77. The van der Waals surface area contributed by atoms with Crippen LogP contribution in [0.5, 0.6) is 0 Å². The van der Waals surface area contributed by atoms with Gasteiger partial charge in [-0.2, -0.15) is 0 Å². The van der Waals surface area contributed by atoms with Gasteiger partial charge in [0.05, 0.1) is 0 Å². The van der Waals surface area contributed by atoms with Crippen LogP contribution in [-0.2, 0) is 0 Å². The average Bonchev–Trinajstić information content (AvgIpc) is 2.72. The van der Waals surface area contributed by atoms with Crippen molar-refractivity contribution in [2.45, 2.75) is 6.92 Å². The van der Waals surface area contributed by atoms with E-state index in [1.54, 1.807) is 0 Å². The molecule has 0 aliphatic rings. The predicted molar refractivity (Wildman–Crippen MR) is 63.6 cm³/mol. The molecule has 1 heterocycles. The van der Waals surface area contributed by atoms with Crippen molar-refractivity contribution in [2.75, 3.05) is 6.61 Å². The van der Waals surface area contributed by atoms with E-state index in [0.29, 0.717) is 0 Å². The monoisotopic (exact) mass is 201 g/mol. The van der Waals surface area contributed by atoms with Crippen molar-refractivity contribution in [3.63, 3.8) is 0 Å². The van der Waals surface area contributed by atoms with Crippen molar-refractivity contribution < 1.29 is 5.11 Å². The molecule has 78 valence electrons. The number of rotatable bonds is 3. The Kier molecular flexibility index (Phi) is 2.88. The number of fused-ring (bicyclic) bond motifs is 1. The molecule has 2 aromatic rings. The molecular formula is C13H15NO. The quantitative estimate of drug-likeness (QED) is 0.787. The molecule has 0 aliphatic carbocycles. The molecule has 2 heteroatoms. The fourth-order valence-electron chi connectivity index (χ4n) is 1.51. The van der Waals surface area contributed by atoms with Gasteiger partial charge >= 0.3 is 0 Å². The third kappa shape index (κ3) is 2.28. The second-order valence-electron chi connectivity index (χ2n) is 3.84. The summed E-state index contributed by atoms with van der Waals surface area (Å²) in [5.41, 5.74) is 2.32. The van der Waals surface area contributed by atoms with E-state index < -0.39 is 0 Å². The van der Waals surface area contributed by atoms with Crippen LogP contribution in [0, 0.1) is 5.92 Å². The first-order valence-electron chi connectivity index (χ1n) is 5.16. The van der Waals surface area contributed by atoms with Gasteiger partial charge < -0.3 is 10.1 Å². The van der Waals surface area contributed by atoms with Crippen LogP contribution in [-0.4, -0.2) is 16.7 Å². The number of benzene rings is 1. The summed E-state index contributed by atoms with van der Waals surface area (Å²) in [6, 6.07) is 8.33. The summed E-state index contributed by atoms with van der Waals surface area (Å²) >= 11 is 0. The first-order chi connectivity index (χ1) is 7.29. The molecule has 1 atom stereocenters. The van der Waals surface area contributed by atoms with E-state index in [9.17, 15) is 0 Å². The molecule has 0 aliphatic heterocycles. The molecule has 0 saturated carbocycles. The van der Waals surface area contributed by atoms with Gasteiger partial charge in [-0.3, -0.25) is 0 Å². The van der Waals surface area contributed by atoms with E-state index >= 15 is 0 Å². The Morgan fingerprint density at radius 3 is 3.07 bits per heavy atom. The maximum absolute atomic E-state index is 8.90. The largest absolute Gasteiger partial charge is 0.396 e. The van der Waals surface area contributed by atoms with E-state index in [0.717, 1.165) is 5.52 Å². The van der Waals surface area contributed by atoms with Crippen molar-refractivity contribution >= 4 is 17.0 Å². The van der Waals surface area contributed by atoms with E-state index in [1.807, 2.05) is 25.3 Å². The van der Waals surface area contributed by atoms with Crippen molar-refractivity contribution in [2.24, 2.45) is 5.92 Å². The number of aliphatic hydroxyl groups is 1. The smallest absolute Gasteiger partial charge is 0.0491 e. The average molecular weight is 201 g/mol. The highest BCUT2D eigenvalue weighted by atomic mass is 16.3. The SMILES string of the molecule is CC(C=Cc1ccc2[nH]ccc2c1)CO. The third-order valence-corrected chi connectivity index (χ3v) is 2.48. The van der Waals surface area contributed by atoms with Gasteiger partial charge in [0.25, 0.3) is 0 Å². The highest BCUT2D eigenvalue weighted by Gasteiger charge is 1.95. The van der Waals surface area contributed by atoms with Crippen LogP contribution >= 0.6 is 0 Å². The first-order valence-corrected chi connectivity index (χ1v) is 5.16. The number of H-pyrrole nitrogens is 1. The minimum absolute atomic E-state index is 0.197. The minimum atomic E-state index is 0.197. The number of hydrogen-bond acceptors (Lipinski definition) is 1.